The Hall–Kier alpha value is -2.69. The van der Waals surface area contributed by atoms with E-state index in [1.807, 2.05) is 115 Å². The molecule has 39 heavy (non-hydrogen) atoms. The zero-order chi connectivity index (χ0) is 29.1. The van der Waals surface area contributed by atoms with Crippen LogP contribution in [0.1, 0.15) is 5.56 Å². The molecule has 0 aliphatic rings. The third-order valence-electron chi connectivity index (χ3n) is 5.31. The fourth-order valence-electron chi connectivity index (χ4n) is 4.43. The average molecular weight is 512 g/mol. The first-order chi connectivity index (χ1) is 18.0. The number of aromatic nitrogens is 2. The summed E-state index contributed by atoms with van der Waals surface area (Å²) in [5, 5.41) is 2.45. The van der Waals surface area contributed by atoms with Gasteiger partial charge in [0.25, 0.3) is 0 Å². The van der Waals surface area contributed by atoms with Crippen molar-refractivity contribution in [3.8, 4) is 23.8 Å². The number of anilines is 2. The van der Waals surface area contributed by atoms with Gasteiger partial charge in [0.05, 0.1) is 5.52 Å². The van der Waals surface area contributed by atoms with E-state index in [2.05, 4.69) is 21.2 Å². The number of ether oxygens (including phenoxy) is 4. The van der Waals surface area contributed by atoms with Crippen LogP contribution in [-0.4, -0.2) is 123 Å². The first kappa shape index (κ1) is 30.8. The zero-order valence-corrected chi connectivity index (χ0v) is 25.1. The smallest absolute Gasteiger partial charge is 0.163 e. The summed E-state index contributed by atoms with van der Waals surface area (Å²) in [7, 11) is 20.2. The van der Waals surface area contributed by atoms with Crippen molar-refractivity contribution in [2.75, 3.05) is 18.5 Å². The van der Waals surface area contributed by atoms with Crippen molar-refractivity contribution in [3.63, 3.8) is 0 Å². The lowest BCUT2D eigenvalue weighted by Gasteiger charge is -2.35. The largest absolute Gasteiger partial charge is 0.488 e. The van der Waals surface area contributed by atoms with Crippen molar-refractivity contribution in [1.82, 2.24) is 9.97 Å². The molecule has 0 aliphatic heterocycles. The fraction of sp³-hybridized carbons (Fsp3) is 0.273. The molecule has 190 valence electrons. The lowest BCUT2D eigenvalue weighted by atomic mass is 9.50. The molecule has 0 radical (unpaired) electrons. The minimum Gasteiger partial charge on any atom is -0.488 e. The van der Waals surface area contributed by atoms with Crippen LogP contribution in [0.5, 0.6) is 11.5 Å². The van der Waals surface area contributed by atoms with Crippen LogP contribution in [0.3, 0.4) is 0 Å². The molecule has 3 aromatic rings. The maximum Gasteiger partial charge on any atom is 0.163 e. The molecule has 1 heterocycles. The van der Waals surface area contributed by atoms with Crippen molar-refractivity contribution < 1.29 is 18.9 Å². The number of nitrogens with zero attached hydrogens (tertiary/aromatic N) is 2. The molecule has 0 bridgehead atoms. The first-order valence-corrected chi connectivity index (χ1v) is 13.2. The number of hydrogen-bond acceptors (Lipinski definition) is 7. The molecule has 0 amide bonds. The monoisotopic (exact) mass is 513 g/mol. The van der Waals surface area contributed by atoms with Crippen LogP contribution < -0.4 is 14.8 Å². The van der Waals surface area contributed by atoms with Crippen molar-refractivity contribution in [2.24, 2.45) is 0 Å². The first-order valence-electron chi connectivity index (χ1n) is 13.2. The van der Waals surface area contributed by atoms with Crippen LogP contribution >= 0.6 is 0 Å². The van der Waals surface area contributed by atoms with Crippen molar-refractivity contribution >= 4 is 101 Å². The van der Waals surface area contributed by atoms with Gasteiger partial charge in [-0.05, 0) is 34.9 Å². The number of nitrogens with one attached hydrogen (secondary N) is 1. The highest BCUT2D eigenvalue weighted by atomic mass is 16.6. The molecule has 0 saturated heterocycles. The van der Waals surface area contributed by atoms with Crippen molar-refractivity contribution in [1.29, 1.82) is 0 Å². The molecule has 2 aromatic carbocycles. The Morgan fingerprint density at radius 2 is 1.33 bits per heavy atom. The van der Waals surface area contributed by atoms with E-state index < -0.39 is 10.8 Å². The Labute approximate surface area is 241 Å². The van der Waals surface area contributed by atoms with Gasteiger partial charge < -0.3 is 24.3 Å². The zero-order valence-electron chi connectivity index (χ0n) is 25.1. The van der Waals surface area contributed by atoms with Gasteiger partial charge in [-0.1, -0.05) is 12.0 Å². The lowest BCUT2D eigenvalue weighted by molar-refractivity contribution is 0.0290. The summed E-state index contributed by atoms with van der Waals surface area (Å²) in [6.07, 6.45) is 7.11. The summed E-state index contributed by atoms with van der Waals surface area (Å²) in [5.74, 6) is 4.43. The minimum atomic E-state index is -0.539. The number of rotatable bonds is 12. The Kier molecular flexibility index (Phi) is 9.35. The van der Waals surface area contributed by atoms with Crippen LogP contribution in [0.4, 0.5) is 11.5 Å². The molecule has 7 nitrogen and oxygen atoms in total. The van der Waals surface area contributed by atoms with Gasteiger partial charge in [0, 0.05) is 33.5 Å². The lowest BCUT2D eigenvalue weighted by Crippen LogP contribution is -2.51. The molecule has 0 atom stereocenters. The number of fused-ring (bicyclic) bond motifs is 1. The quantitative estimate of drug-likeness (QED) is 0.191. The van der Waals surface area contributed by atoms with Gasteiger partial charge in [-0.25, -0.2) is 9.97 Å². The van der Waals surface area contributed by atoms with Crippen molar-refractivity contribution in [2.45, 2.75) is 21.4 Å². The van der Waals surface area contributed by atoms with E-state index in [1.165, 1.54) is 6.33 Å². The van der Waals surface area contributed by atoms with E-state index in [-0.39, 0.29) is 10.6 Å². The highest BCUT2D eigenvalue weighted by Crippen LogP contribution is 2.36. The molecule has 3 rings (SSSR count). The molecule has 1 aromatic heterocycles. The normalized spacial score (nSPS) is 12.5. The Morgan fingerprint density at radius 3 is 1.87 bits per heavy atom. The predicted molar refractivity (Wildman–Crippen MR) is 187 cm³/mol. The second-order valence-electron chi connectivity index (χ2n) is 12.9. The predicted octanol–water partition coefficient (Wildman–Crippen LogP) is -6.99. The summed E-state index contributed by atoms with van der Waals surface area (Å²) in [5.41, 5.74) is 2.32. The Morgan fingerprint density at radius 1 is 0.769 bits per heavy atom. The fourth-order valence-corrected chi connectivity index (χ4v) is 4.43. The Bertz CT molecular complexity index is 1360. The van der Waals surface area contributed by atoms with E-state index in [0.717, 1.165) is 16.6 Å². The van der Waals surface area contributed by atoms with Gasteiger partial charge >= 0.3 is 0 Å². The van der Waals surface area contributed by atoms with E-state index in [0.29, 0.717) is 36.0 Å². The molecular formula is C22H33B10N3O4. The van der Waals surface area contributed by atoms with Crippen LogP contribution in [0, 0.1) is 12.3 Å². The highest BCUT2D eigenvalue weighted by molar-refractivity contribution is 6.59. The minimum absolute atomic E-state index is 0.311. The van der Waals surface area contributed by atoms with Gasteiger partial charge in [0.1, 0.15) is 104 Å². The van der Waals surface area contributed by atoms with Crippen LogP contribution in [0.25, 0.3) is 10.9 Å². The van der Waals surface area contributed by atoms with Gasteiger partial charge in [-0.15, -0.1) is 6.42 Å². The van der Waals surface area contributed by atoms with Gasteiger partial charge in [-0.2, -0.15) is 0 Å². The van der Waals surface area contributed by atoms with E-state index >= 15 is 0 Å². The van der Waals surface area contributed by atoms with Crippen LogP contribution in [0.2, 0.25) is 0 Å². The third kappa shape index (κ3) is 9.77. The molecule has 1 N–H and O–H groups in total. The maximum absolute atomic E-state index is 6.36. The molecule has 0 spiro atoms. The van der Waals surface area contributed by atoms with Gasteiger partial charge in [0.15, 0.2) is 11.5 Å². The third-order valence-corrected chi connectivity index (χ3v) is 5.31. The van der Waals surface area contributed by atoms with Crippen LogP contribution in [-0.2, 0) is 9.47 Å². The van der Waals surface area contributed by atoms with Gasteiger partial charge in [0.2, 0.25) is 0 Å². The maximum atomic E-state index is 6.36. The molecule has 0 saturated carbocycles. The molecule has 17 heteroatoms. The standard InChI is InChI=1S/C22H33B10N3O4/c1-2-12-4-3-5-13(6-12)35-18-14-7-16(36-9-19(23,24)38-21(27,28)29)17(8-15(14)33-11-34-18)37-10-20(25,26)39-22(30,31)32/h1,3-8,11H,9-10,23-32H2,(H,33,34,35). The molecule has 0 fully saturated rings. The van der Waals surface area contributed by atoms with E-state index in [1.54, 1.807) is 0 Å². The number of benzene rings is 2. The summed E-state index contributed by atoms with van der Waals surface area (Å²) < 4.78 is 25.1. The van der Waals surface area contributed by atoms with Crippen molar-refractivity contribution in [3.05, 3.63) is 48.3 Å². The number of terminal acetylenes is 1. The van der Waals surface area contributed by atoms with E-state index in [4.69, 9.17) is 25.4 Å². The summed E-state index contributed by atoms with van der Waals surface area (Å²) >= 11 is 0. The SMILES string of the molecule is BC(B)(B)OC(B)(B)COc1cc2ncnc(Nc3cccc(C#C)c3)c2cc1OCC(B)(B)OC(B)(B)B. The van der Waals surface area contributed by atoms with E-state index in [9.17, 15) is 0 Å². The van der Waals surface area contributed by atoms with Crippen LogP contribution in [0.15, 0.2) is 42.7 Å². The number of hydrogen-bond donors (Lipinski definition) is 1. The second kappa shape index (κ2) is 11.8. The van der Waals surface area contributed by atoms with Gasteiger partial charge in [-0.3, -0.25) is 0 Å². The highest BCUT2D eigenvalue weighted by Gasteiger charge is 2.29. The Balaban J connectivity index is 1.99. The molecule has 0 unspecified atom stereocenters. The molecular weight excluding hydrogens is 478 g/mol. The summed E-state index contributed by atoms with van der Waals surface area (Å²) in [4.78, 5) is 9.00. The summed E-state index contributed by atoms with van der Waals surface area (Å²) in [6, 6.07) is 11.4. The summed E-state index contributed by atoms with van der Waals surface area (Å²) in [6.45, 7) is 0.637. The average Bonchev–Trinajstić information content (AvgIpc) is 2.78. The second-order valence-corrected chi connectivity index (χ2v) is 12.9. The molecule has 0 aliphatic carbocycles. The topological polar surface area (TPSA) is 74.7 Å².